The van der Waals surface area contributed by atoms with Gasteiger partial charge in [-0.1, -0.05) is 26.3 Å². The van der Waals surface area contributed by atoms with Gasteiger partial charge in [-0.15, -0.1) is 0 Å². The van der Waals surface area contributed by atoms with Crippen LogP contribution in [0.4, 0.5) is 0 Å². The van der Waals surface area contributed by atoms with Crippen molar-refractivity contribution in [3.05, 3.63) is 50.6 Å². The van der Waals surface area contributed by atoms with Gasteiger partial charge in [0, 0.05) is 46.0 Å². The van der Waals surface area contributed by atoms with Gasteiger partial charge in [0.15, 0.2) is 0 Å². The van der Waals surface area contributed by atoms with E-state index in [9.17, 15) is 19.2 Å². The molecule has 0 heterocycles. The molecule has 0 aliphatic rings. The molecule has 11 heteroatoms. The van der Waals surface area contributed by atoms with Gasteiger partial charge in [0.25, 0.3) is 0 Å². The van der Waals surface area contributed by atoms with Crippen LogP contribution in [0.25, 0.3) is 0 Å². The van der Waals surface area contributed by atoms with Gasteiger partial charge in [-0.25, -0.2) is 0 Å². The smallest absolute Gasteiger partial charge is 0.243 e. The Labute approximate surface area is 219 Å². The van der Waals surface area contributed by atoms with Crippen LogP contribution in [0.3, 0.4) is 0 Å². The minimum atomic E-state index is -0.711. The highest BCUT2D eigenvalue weighted by atomic mass is 16.5. The summed E-state index contributed by atoms with van der Waals surface area (Å²) in [6.45, 7) is 17.0. The van der Waals surface area contributed by atoms with E-state index in [1.807, 2.05) is 0 Å². The second-order valence-corrected chi connectivity index (χ2v) is 8.13. The number of hydrogen-bond donors (Lipinski definition) is 4. The van der Waals surface area contributed by atoms with Crippen LogP contribution in [0.1, 0.15) is 19.3 Å². The lowest BCUT2D eigenvalue weighted by Crippen LogP contribution is -2.47. The maximum atomic E-state index is 11.9. The first-order chi connectivity index (χ1) is 17.8. The summed E-state index contributed by atoms with van der Waals surface area (Å²) in [4.78, 5) is 45.7. The average Bonchev–Trinajstić information content (AvgIpc) is 2.91. The first kappa shape index (κ1) is 33.7. The van der Waals surface area contributed by atoms with Gasteiger partial charge < -0.3 is 35.5 Å². The van der Waals surface area contributed by atoms with Crippen LogP contribution in [0, 0.1) is 5.41 Å². The average molecular weight is 523 g/mol. The zero-order valence-electron chi connectivity index (χ0n) is 21.7. The van der Waals surface area contributed by atoms with Crippen molar-refractivity contribution < 1.29 is 33.4 Å². The van der Waals surface area contributed by atoms with Gasteiger partial charge in [-0.2, -0.15) is 0 Å². The molecule has 0 unspecified atom stereocenters. The standard InChI is InChI=1S/C26H42N4O7/c1-5-22(31)27-12-9-15-35-19-26(18-30-25(34)8-4,20-36-16-10-13-28-23(32)6-2)21-37-17-11-14-29-24(33)7-3/h5-8H,1-4,9-21H2,(H,27,31)(H,28,32)(H,29,33)(H,30,34). The van der Waals surface area contributed by atoms with E-state index >= 15 is 0 Å². The Hall–Kier alpha value is -3.28. The van der Waals surface area contributed by atoms with Crippen LogP contribution in [0.15, 0.2) is 50.6 Å². The van der Waals surface area contributed by atoms with E-state index in [4.69, 9.17) is 14.2 Å². The van der Waals surface area contributed by atoms with Gasteiger partial charge >= 0.3 is 0 Å². The summed E-state index contributed by atoms with van der Waals surface area (Å²) in [5.74, 6) is -1.10. The van der Waals surface area contributed by atoms with Crippen LogP contribution in [-0.4, -0.2) is 89.4 Å². The highest BCUT2D eigenvalue weighted by Gasteiger charge is 2.32. The predicted molar refractivity (Wildman–Crippen MR) is 142 cm³/mol. The Bertz CT molecular complexity index is 676. The van der Waals surface area contributed by atoms with Crippen LogP contribution < -0.4 is 21.3 Å². The van der Waals surface area contributed by atoms with Crippen molar-refractivity contribution in [3.8, 4) is 0 Å². The monoisotopic (exact) mass is 522 g/mol. The Balaban J connectivity index is 4.99. The highest BCUT2D eigenvalue weighted by molar-refractivity contribution is 5.87. The van der Waals surface area contributed by atoms with E-state index in [0.29, 0.717) is 58.7 Å². The van der Waals surface area contributed by atoms with E-state index < -0.39 is 5.41 Å². The van der Waals surface area contributed by atoms with Gasteiger partial charge in [0.05, 0.1) is 25.2 Å². The third-order valence-electron chi connectivity index (χ3n) is 4.90. The van der Waals surface area contributed by atoms with Gasteiger partial charge in [0.1, 0.15) is 0 Å². The number of amides is 4. The molecule has 0 aromatic heterocycles. The van der Waals surface area contributed by atoms with E-state index in [-0.39, 0.29) is 50.0 Å². The Morgan fingerprint density at radius 2 is 0.838 bits per heavy atom. The minimum absolute atomic E-state index is 0.214. The zero-order chi connectivity index (χ0) is 27.8. The van der Waals surface area contributed by atoms with Crippen LogP contribution in [-0.2, 0) is 33.4 Å². The van der Waals surface area contributed by atoms with E-state index in [1.54, 1.807) is 0 Å². The zero-order valence-corrected chi connectivity index (χ0v) is 21.7. The Morgan fingerprint density at radius 1 is 0.541 bits per heavy atom. The molecule has 0 aliphatic heterocycles. The molecule has 0 bridgehead atoms. The molecule has 37 heavy (non-hydrogen) atoms. The number of rotatable bonds is 24. The van der Waals surface area contributed by atoms with Crippen molar-refractivity contribution in [1.29, 1.82) is 0 Å². The third-order valence-corrected chi connectivity index (χ3v) is 4.90. The molecule has 4 N–H and O–H groups in total. The fourth-order valence-corrected chi connectivity index (χ4v) is 2.86. The SMILES string of the molecule is C=CC(=O)NCCCOCC(CNC(=O)C=C)(COCCCNC(=O)C=C)COCCCNC(=O)C=C. The molecular formula is C26H42N4O7. The van der Waals surface area contributed by atoms with Gasteiger partial charge in [-0.05, 0) is 43.6 Å². The molecular weight excluding hydrogens is 480 g/mol. The number of carbonyl (C=O) groups is 4. The van der Waals surface area contributed by atoms with Crippen molar-refractivity contribution >= 4 is 23.6 Å². The normalized spacial score (nSPS) is 10.6. The Morgan fingerprint density at radius 3 is 1.14 bits per heavy atom. The van der Waals surface area contributed by atoms with E-state index in [2.05, 4.69) is 47.6 Å². The molecule has 0 saturated heterocycles. The fraction of sp³-hybridized carbons (Fsp3) is 0.538. The fourth-order valence-electron chi connectivity index (χ4n) is 2.86. The van der Waals surface area contributed by atoms with E-state index in [0.717, 1.165) is 0 Å². The lowest BCUT2D eigenvalue weighted by molar-refractivity contribution is -0.119. The molecule has 0 saturated carbocycles. The molecule has 11 nitrogen and oxygen atoms in total. The number of carbonyl (C=O) groups excluding carboxylic acids is 4. The summed E-state index contributed by atoms with van der Waals surface area (Å²) < 4.78 is 17.6. The topological polar surface area (TPSA) is 144 Å². The summed E-state index contributed by atoms with van der Waals surface area (Å²) in [6, 6.07) is 0. The highest BCUT2D eigenvalue weighted by Crippen LogP contribution is 2.20. The summed E-state index contributed by atoms with van der Waals surface area (Å²) >= 11 is 0. The second kappa shape index (κ2) is 22.0. The lowest BCUT2D eigenvalue weighted by Gasteiger charge is -2.33. The third kappa shape index (κ3) is 18.6. The summed E-state index contributed by atoms with van der Waals surface area (Å²) in [5.41, 5.74) is -0.711. The number of hydrogen-bond acceptors (Lipinski definition) is 7. The lowest BCUT2D eigenvalue weighted by atomic mass is 9.90. The summed E-state index contributed by atoms with van der Waals surface area (Å²) in [6.07, 6.45) is 6.55. The van der Waals surface area contributed by atoms with Crippen LogP contribution >= 0.6 is 0 Å². The first-order valence-electron chi connectivity index (χ1n) is 12.2. The number of nitrogens with one attached hydrogen (secondary N) is 4. The largest absolute Gasteiger partial charge is 0.381 e. The van der Waals surface area contributed by atoms with Gasteiger partial charge in [0.2, 0.25) is 23.6 Å². The van der Waals surface area contributed by atoms with Crippen LogP contribution in [0.5, 0.6) is 0 Å². The van der Waals surface area contributed by atoms with Crippen LogP contribution in [0.2, 0.25) is 0 Å². The quantitative estimate of drug-likeness (QED) is 0.106. The van der Waals surface area contributed by atoms with Crippen molar-refractivity contribution in [2.45, 2.75) is 19.3 Å². The molecule has 0 atom stereocenters. The van der Waals surface area contributed by atoms with Crippen molar-refractivity contribution in [2.75, 3.05) is 65.8 Å². The molecule has 0 fully saturated rings. The maximum Gasteiger partial charge on any atom is 0.243 e. The predicted octanol–water partition coefficient (Wildman–Crippen LogP) is 0.402. The first-order valence-corrected chi connectivity index (χ1v) is 12.2. The summed E-state index contributed by atoms with van der Waals surface area (Å²) in [5, 5.41) is 10.8. The van der Waals surface area contributed by atoms with E-state index in [1.165, 1.54) is 24.3 Å². The molecule has 4 amide bonds. The molecule has 0 aliphatic carbocycles. The molecule has 0 rings (SSSR count). The van der Waals surface area contributed by atoms with Gasteiger partial charge in [-0.3, -0.25) is 19.2 Å². The maximum absolute atomic E-state index is 11.9. The molecule has 0 spiro atoms. The van der Waals surface area contributed by atoms with Crippen molar-refractivity contribution in [2.24, 2.45) is 5.41 Å². The summed E-state index contributed by atoms with van der Waals surface area (Å²) in [7, 11) is 0. The molecule has 0 aromatic carbocycles. The number of ether oxygens (including phenoxy) is 3. The molecule has 0 radical (unpaired) electrons. The second-order valence-electron chi connectivity index (χ2n) is 8.13. The minimum Gasteiger partial charge on any atom is -0.381 e. The van der Waals surface area contributed by atoms with Crippen molar-refractivity contribution in [3.63, 3.8) is 0 Å². The molecule has 0 aromatic rings. The Kier molecular flexibility index (Phi) is 20.0. The molecule has 208 valence electrons. The van der Waals surface area contributed by atoms with Crippen molar-refractivity contribution in [1.82, 2.24) is 21.3 Å².